The quantitative estimate of drug-likeness (QED) is 0.457. The van der Waals surface area contributed by atoms with Gasteiger partial charge < -0.3 is 5.32 Å². The highest BCUT2D eigenvalue weighted by molar-refractivity contribution is 7.98. The molecule has 0 aliphatic carbocycles. The van der Waals surface area contributed by atoms with Crippen molar-refractivity contribution < 1.29 is 4.79 Å². The number of carbonyl (C=O) groups excluding carboxylic acids is 1. The molecule has 8 heteroatoms. The third-order valence-electron chi connectivity index (χ3n) is 4.86. The zero-order chi connectivity index (χ0) is 20.9. The van der Waals surface area contributed by atoms with Gasteiger partial charge in [0.15, 0.2) is 0 Å². The number of hydrogen-bond acceptors (Lipinski definition) is 6. The number of amides is 1. The fourth-order valence-corrected chi connectivity index (χ4v) is 4.10. The molecule has 0 atom stereocenters. The van der Waals surface area contributed by atoms with Crippen LogP contribution in [0.1, 0.15) is 28.9 Å². The first-order valence-electron chi connectivity index (χ1n) is 9.67. The van der Waals surface area contributed by atoms with E-state index in [2.05, 4.69) is 31.4 Å². The molecule has 3 aromatic heterocycles. The minimum atomic E-state index is -0.0248. The normalized spacial score (nSPS) is 11.0. The number of rotatable bonds is 7. The molecule has 0 aliphatic rings. The lowest BCUT2D eigenvalue weighted by Crippen LogP contribution is -2.14. The van der Waals surface area contributed by atoms with Gasteiger partial charge in [0, 0.05) is 46.5 Å². The van der Waals surface area contributed by atoms with Gasteiger partial charge in [0.05, 0.1) is 0 Å². The van der Waals surface area contributed by atoms with Crippen LogP contribution in [0.25, 0.3) is 5.78 Å². The summed E-state index contributed by atoms with van der Waals surface area (Å²) in [7, 11) is 0. The van der Waals surface area contributed by atoms with E-state index in [1.165, 1.54) is 11.9 Å². The smallest absolute Gasteiger partial charge is 0.252 e. The van der Waals surface area contributed by atoms with Crippen LogP contribution in [0, 0.1) is 13.8 Å². The Labute approximate surface area is 179 Å². The Kier molecular flexibility index (Phi) is 6.04. The molecule has 30 heavy (non-hydrogen) atoms. The van der Waals surface area contributed by atoms with Crippen LogP contribution >= 0.6 is 11.8 Å². The summed E-state index contributed by atoms with van der Waals surface area (Å²) in [6.45, 7) is 3.92. The number of nitrogens with zero attached hydrogens (tertiary/aromatic N) is 5. The predicted octanol–water partition coefficient (Wildman–Crippen LogP) is 4.00. The highest BCUT2D eigenvalue weighted by Crippen LogP contribution is 2.24. The zero-order valence-corrected chi connectivity index (χ0v) is 17.7. The topological polar surface area (TPSA) is 85.1 Å². The number of fused-ring (bicyclic) bond motifs is 1. The molecule has 4 rings (SSSR count). The van der Waals surface area contributed by atoms with Crippen molar-refractivity contribution in [2.24, 2.45) is 0 Å². The van der Waals surface area contributed by atoms with Gasteiger partial charge >= 0.3 is 0 Å². The maximum atomic E-state index is 12.4. The maximum Gasteiger partial charge on any atom is 0.252 e. The predicted molar refractivity (Wildman–Crippen MR) is 117 cm³/mol. The van der Waals surface area contributed by atoms with Gasteiger partial charge in [0.25, 0.3) is 5.78 Å². The van der Waals surface area contributed by atoms with Crippen molar-refractivity contribution in [3.8, 4) is 0 Å². The summed E-state index contributed by atoms with van der Waals surface area (Å²) >= 11 is 1.74. The van der Waals surface area contributed by atoms with Gasteiger partial charge in [0.2, 0.25) is 5.91 Å². The lowest BCUT2D eigenvalue weighted by atomic mass is 10.1. The fraction of sp³-hybridized carbons (Fsp3) is 0.227. The van der Waals surface area contributed by atoms with Gasteiger partial charge in [-0.2, -0.15) is 10.1 Å². The van der Waals surface area contributed by atoms with Crippen molar-refractivity contribution >= 4 is 29.1 Å². The molecule has 0 saturated carbocycles. The van der Waals surface area contributed by atoms with E-state index in [1.54, 1.807) is 22.5 Å². The second-order valence-corrected chi connectivity index (χ2v) is 8.00. The van der Waals surface area contributed by atoms with Gasteiger partial charge in [-0.15, -0.1) is 11.8 Å². The zero-order valence-electron chi connectivity index (χ0n) is 16.9. The number of anilines is 1. The Morgan fingerprint density at radius 1 is 1.17 bits per heavy atom. The van der Waals surface area contributed by atoms with E-state index in [1.807, 2.05) is 50.4 Å². The molecule has 1 amide bonds. The number of aryl methyl sites for hydroxylation is 2. The monoisotopic (exact) mass is 418 g/mol. The van der Waals surface area contributed by atoms with Gasteiger partial charge in [-0.05, 0) is 61.7 Å². The van der Waals surface area contributed by atoms with Crippen molar-refractivity contribution in [3.05, 3.63) is 77.6 Å². The molecule has 0 unspecified atom stereocenters. The minimum Gasteiger partial charge on any atom is -0.326 e. The van der Waals surface area contributed by atoms with E-state index < -0.39 is 0 Å². The number of thioether (sulfide) groups is 1. The lowest BCUT2D eigenvalue weighted by molar-refractivity contribution is -0.116. The second-order valence-electron chi connectivity index (χ2n) is 6.96. The van der Waals surface area contributed by atoms with Crippen LogP contribution in [0.4, 0.5) is 5.69 Å². The van der Waals surface area contributed by atoms with Gasteiger partial charge in [-0.3, -0.25) is 9.78 Å². The van der Waals surface area contributed by atoms with E-state index in [4.69, 9.17) is 0 Å². The molecule has 152 valence electrons. The number of aromatic nitrogens is 5. The summed E-state index contributed by atoms with van der Waals surface area (Å²) < 4.78 is 1.71. The standard InChI is InChI=1S/C22H22N6OS/c1-15-20(16(2)28-22(26-15)24-14-25-28)9-10-21(29)27-18-5-7-19(8-6-18)30-13-17-4-3-11-23-12-17/h3-8,11-12,14H,9-10,13H2,1-2H3,(H,27,29). The molecule has 0 fully saturated rings. The summed E-state index contributed by atoms with van der Waals surface area (Å²) in [5.74, 6) is 1.42. The molecule has 0 radical (unpaired) electrons. The first-order valence-corrected chi connectivity index (χ1v) is 10.7. The number of hydrogen-bond donors (Lipinski definition) is 1. The summed E-state index contributed by atoms with van der Waals surface area (Å²) in [5, 5.41) is 7.17. The molecular weight excluding hydrogens is 396 g/mol. The summed E-state index contributed by atoms with van der Waals surface area (Å²) in [6, 6.07) is 11.9. The average Bonchev–Trinajstić information content (AvgIpc) is 3.22. The lowest BCUT2D eigenvalue weighted by Gasteiger charge is -2.11. The molecule has 0 saturated heterocycles. The molecule has 0 spiro atoms. The van der Waals surface area contributed by atoms with Crippen LogP contribution < -0.4 is 5.32 Å². The third-order valence-corrected chi connectivity index (χ3v) is 5.94. The van der Waals surface area contributed by atoms with Crippen molar-refractivity contribution in [2.45, 2.75) is 37.3 Å². The van der Waals surface area contributed by atoms with Crippen LogP contribution in [-0.4, -0.2) is 30.5 Å². The fourth-order valence-electron chi connectivity index (χ4n) is 3.26. The molecule has 7 nitrogen and oxygen atoms in total. The number of carbonyl (C=O) groups is 1. The van der Waals surface area contributed by atoms with E-state index in [-0.39, 0.29) is 5.91 Å². The van der Waals surface area contributed by atoms with Crippen molar-refractivity contribution in [2.75, 3.05) is 5.32 Å². The van der Waals surface area contributed by atoms with E-state index >= 15 is 0 Å². The van der Waals surface area contributed by atoms with Crippen molar-refractivity contribution in [1.82, 2.24) is 24.6 Å². The summed E-state index contributed by atoms with van der Waals surface area (Å²) in [4.78, 5) is 26.3. The average molecular weight is 419 g/mol. The molecule has 1 N–H and O–H groups in total. The van der Waals surface area contributed by atoms with Crippen molar-refractivity contribution in [3.63, 3.8) is 0 Å². The molecule has 3 heterocycles. The van der Waals surface area contributed by atoms with E-state index in [9.17, 15) is 4.79 Å². The number of pyridine rings is 1. The third kappa shape index (κ3) is 4.65. The van der Waals surface area contributed by atoms with Crippen LogP contribution in [0.3, 0.4) is 0 Å². The van der Waals surface area contributed by atoms with E-state index in [0.717, 1.165) is 33.3 Å². The van der Waals surface area contributed by atoms with Crippen LogP contribution in [0.15, 0.2) is 60.0 Å². The summed E-state index contributed by atoms with van der Waals surface area (Å²) in [5.41, 5.74) is 4.87. The Morgan fingerprint density at radius 2 is 2.00 bits per heavy atom. The number of benzene rings is 1. The Hall–Kier alpha value is -3.26. The molecule has 1 aromatic carbocycles. The second kappa shape index (κ2) is 9.04. The molecule has 0 bridgehead atoms. The Balaban J connectivity index is 1.32. The van der Waals surface area contributed by atoms with Crippen LogP contribution in [-0.2, 0) is 17.0 Å². The van der Waals surface area contributed by atoms with Crippen molar-refractivity contribution in [1.29, 1.82) is 0 Å². The summed E-state index contributed by atoms with van der Waals surface area (Å²) in [6.07, 6.45) is 6.12. The van der Waals surface area contributed by atoms with E-state index in [0.29, 0.717) is 18.6 Å². The first-order chi connectivity index (χ1) is 14.6. The Morgan fingerprint density at radius 3 is 2.77 bits per heavy atom. The van der Waals surface area contributed by atoms with Gasteiger partial charge in [0.1, 0.15) is 6.33 Å². The van der Waals surface area contributed by atoms with Crippen LogP contribution in [0.2, 0.25) is 0 Å². The van der Waals surface area contributed by atoms with Crippen LogP contribution in [0.5, 0.6) is 0 Å². The van der Waals surface area contributed by atoms with Gasteiger partial charge in [-0.25, -0.2) is 9.50 Å². The number of nitrogens with one attached hydrogen (secondary N) is 1. The largest absolute Gasteiger partial charge is 0.326 e. The minimum absolute atomic E-state index is 0.0248. The molecular formula is C22H22N6OS. The SMILES string of the molecule is Cc1nc2ncnn2c(C)c1CCC(=O)Nc1ccc(SCc2cccnc2)cc1. The molecule has 4 aromatic rings. The Bertz CT molecular complexity index is 1160. The highest BCUT2D eigenvalue weighted by atomic mass is 32.2. The van der Waals surface area contributed by atoms with Gasteiger partial charge in [-0.1, -0.05) is 6.07 Å². The molecule has 0 aliphatic heterocycles. The first kappa shape index (κ1) is 20.0. The maximum absolute atomic E-state index is 12.4. The highest BCUT2D eigenvalue weighted by Gasteiger charge is 2.12.